The predicted molar refractivity (Wildman–Crippen MR) is 105 cm³/mol. The first kappa shape index (κ1) is 17.1. The normalized spacial score (nSPS) is 10.9. The number of hydrogen-bond acceptors (Lipinski definition) is 5. The molecule has 0 aliphatic heterocycles. The molecule has 0 atom stereocenters. The second-order valence-electron chi connectivity index (χ2n) is 6.05. The number of imidazole rings is 1. The fourth-order valence-electron chi connectivity index (χ4n) is 2.72. The molecule has 6 nitrogen and oxygen atoms in total. The number of ketones is 1. The molecule has 7 heteroatoms. The van der Waals surface area contributed by atoms with E-state index in [0.29, 0.717) is 27.8 Å². The van der Waals surface area contributed by atoms with Gasteiger partial charge in [-0.3, -0.25) is 9.59 Å². The van der Waals surface area contributed by atoms with Gasteiger partial charge in [-0.25, -0.2) is 9.97 Å². The number of fused-ring (bicyclic) bond motifs is 1. The monoisotopic (exact) mass is 376 g/mol. The van der Waals surface area contributed by atoms with Crippen LogP contribution in [-0.2, 0) is 6.54 Å². The molecule has 0 fully saturated rings. The van der Waals surface area contributed by atoms with Gasteiger partial charge in [0.2, 0.25) is 0 Å². The number of rotatable bonds is 5. The third-order valence-corrected chi connectivity index (χ3v) is 5.15. The second kappa shape index (κ2) is 7.13. The molecule has 0 saturated carbocycles. The van der Waals surface area contributed by atoms with Crippen LogP contribution < -0.4 is 5.32 Å². The lowest BCUT2D eigenvalue weighted by molar-refractivity contribution is 0.0952. The van der Waals surface area contributed by atoms with Crippen LogP contribution in [0.4, 0.5) is 0 Å². The van der Waals surface area contributed by atoms with Crippen LogP contribution in [0, 0.1) is 0 Å². The molecule has 0 spiro atoms. The van der Waals surface area contributed by atoms with Gasteiger partial charge in [-0.1, -0.05) is 30.3 Å². The summed E-state index contributed by atoms with van der Waals surface area (Å²) in [5.74, 6) is 0.489. The molecule has 0 aliphatic rings. The Labute approximate surface area is 159 Å². The van der Waals surface area contributed by atoms with Crippen molar-refractivity contribution in [3.63, 3.8) is 0 Å². The maximum absolute atomic E-state index is 12.4. The summed E-state index contributed by atoms with van der Waals surface area (Å²) in [7, 11) is 0. The Bertz CT molecular complexity index is 1110. The first-order valence-corrected chi connectivity index (χ1v) is 9.21. The molecule has 134 valence electrons. The van der Waals surface area contributed by atoms with Gasteiger partial charge in [0.15, 0.2) is 5.78 Å². The number of Topliss-reactive ketones (excluding diaryl/α,β-unsaturated/α-hetero) is 1. The summed E-state index contributed by atoms with van der Waals surface area (Å²) in [4.78, 5) is 36.4. The third kappa shape index (κ3) is 3.63. The molecular formula is C20H16N4O2S. The molecule has 2 heterocycles. The van der Waals surface area contributed by atoms with E-state index in [9.17, 15) is 9.59 Å². The zero-order valence-corrected chi connectivity index (χ0v) is 15.3. The van der Waals surface area contributed by atoms with E-state index < -0.39 is 0 Å². The number of nitrogens with one attached hydrogen (secondary N) is 2. The average molecular weight is 376 g/mol. The van der Waals surface area contributed by atoms with Crippen molar-refractivity contribution >= 4 is 34.1 Å². The van der Waals surface area contributed by atoms with Gasteiger partial charge in [-0.15, -0.1) is 11.3 Å². The van der Waals surface area contributed by atoms with Gasteiger partial charge in [0, 0.05) is 11.1 Å². The van der Waals surface area contributed by atoms with E-state index in [2.05, 4.69) is 20.3 Å². The highest BCUT2D eigenvalue weighted by atomic mass is 32.1. The lowest BCUT2D eigenvalue weighted by Crippen LogP contribution is -2.22. The van der Waals surface area contributed by atoms with Gasteiger partial charge in [-0.05, 0) is 25.1 Å². The SMILES string of the molecule is CC(=O)c1cccc(-c2ncc(C(=O)NCc3nc4ccccc4[nH]3)s2)c1. The lowest BCUT2D eigenvalue weighted by atomic mass is 10.1. The van der Waals surface area contributed by atoms with Crippen LogP contribution in [0.15, 0.2) is 54.7 Å². The predicted octanol–water partition coefficient (Wildman–Crippen LogP) is 3.82. The molecule has 2 aromatic heterocycles. The quantitative estimate of drug-likeness (QED) is 0.518. The van der Waals surface area contributed by atoms with Crippen molar-refractivity contribution in [2.24, 2.45) is 0 Å². The largest absolute Gasteiger partial charge is 0.344 e. The molecule has 27 heavy (non-hydrogen) atoms. The minimum Gasteiger partial charge on any atom is -0.344 e. The number of nitrogens with zero attached hydrogens (tertiary/aromatic N) is 2. The van der Waals surface area contributed by atoms with Gasteiger partial charge in [0.05, 0.1) is 23.8 Å². The first-order chi connectivity index (χ1) is 13.1. The molecule has 0 unspecified atom stereocenters. The van der Waals surface area contributed by atoms with Gasteiger partial charge in [0.1, 0.15) is 15.7 Å². The fraction of sp³-hybridized carbons (Fsp3) is 0.100. The number of aromatic nitrogens is 3. The number of benzene rings is 2. The molecule has 4 rings (SSSR count). The van der Waals surface area contributed by atoms with Crippen LogP contribution in [0.3, 0.4) is 0 Å². The molecule has 2 aromatic carbocycles. The van der Waals surface area contributed by atoms with E-state index in [1.165, 1.54) is 18.3 Å². The topological polar surface area (TPSA) is 87.7 Å². The molecule has 0 saturated heterocycles. The highest BCUT2D eigenvalue weighted by Crippen LogP contribution is 2.26. The highest BCUT2D eigenvalue weighted by Gasteiger charge is 2.13. The van der Waals surface area contributed by atoms with Crippen LogP contribution in [0.2, 0.25) is 0 Å². The van der Waals surface area contributed by atoms with Crippen LogP contribution in [-0.4, -0.2) is 26.6 Å². The maximum Gasteiger partial charge on any atom is 0.263 e. The average Bonchev–Trinajstić information content (AvgIpc) is 3.33. The Kier molecular flexibility index (Phi) is 4.52. The van der Waals surface area contributed by atoms with Crippen molar-refractivity contribution in [2.45, 2.75) is 13.5 Å². The summed E-state index contributed by atoms with van der Waals surface area (Å²) in [6, 6.07) is 15.0. The minimum atomic E-state index is -0.207. The van der Waals surface area contributed by atoms with E-state index in [-0.39, 0.29) is 11.7 Å². The minimum absolute atomic E-state index is 0.00259. The van der Waals surface area contributed by atoms with Crippen molar-refractivity contribution in [1.82, 2.24) is 20.3 Å². The summed E-state index contributed by atoms with van der Waals surface area (Å²) in [5.41, 5.74) is 3.25. The Morgan fingerprint density at radius 1 is 1.15 bits per heavy atom. The molecular weight excluding hydrogens is 360 g/mol. The molecule has 0 radical (unpaired) electrons. The molecule has 1 amide bonds. The van der Waals surface area contributed by atoms with E-state index in [4.69, 9.17) is 0 Å². The number of amides is 1. The van der Waals surface area contributed by atoms with Crippen LogP contribution in [0.1, 0.15) is 32.8 Å². The standard InChI is InChI=1S/C20H16N4O2S/c1-12(25)13-5-4-6-14(9-13)20-22-10-17(27-20)19(26)21-11-18-23-15-7-2-3-8-16(15)24-18/h2-10H,11H2,1H3,(H,21,26)(H,23,24). The zero-order chi connectivity index (χ0) is 18.8. The van der Waals surface area contributed by atoms with E-state index in [0.717, 1.165) is 16.6 Å². The fourth-order valence-corrected chi connectivity index (χ4v) is 3.55. The van der Waals surface area contributed by atoms with Crippen molar-refractivity contribution < 1.29 is 9.59 Å². The third-order valence-electron chi connectivity index (χ3n) is 4.10. The Balaban J connectivity index is 1.47. The van der Waals surface area contributed by atoms with Crippen molar-refractivity contribution in [3.05, 3.63) is 71.0 Å². The smallest absolute Gasteiger partial charge is 0.263 e. The zero-order valence-electron chi connectivity index (χ0n) is 14.5. The van der Waals surface area contributed by atoms with Crippen LogP contribution in [0.25, 0.3) is 21.6 Å². The van der Waals surface area contributed by atoms with Crippen molar-refractivity contribution in [1.29, 1.82) is 0 Å². The maximum atomic E-state index is 12.4. The number of carbonyl (C=O) groups is 2. The second-order valence-corrected chi connectivity index (χ2v) is 7.08. The van der Waals surface area contributed by atoms with Gasteiger partial charge in [-0.2, -0.15) is 0 Å². The van der Waals surface area contributed by atoms with Crippen LogP contribution in [0.5, 0.6) is 0 Å². The van der Waals surface area contributed by atoms with E-state index in [1.54, 1.807) is 18.3 Å². The van der Waals surface area contributed by atoms with Crippen molar-refractivity contribution in [3.8, 4) is 10.6 Å². The van der Waals surface area contributed by atoms with Gasteiger partial charge < -0.3 is 10.3 Å². The molecule has 4 aromatic rings. The number of hydrogen-bond donors (Lipinski definition) is 2. The molecule has 0 aliphatic carbocycles. The number of H-pyrrole nitrogens is 1. The number of aromatic amines is 1. The first-order valence-electron chi connectivity index (χ1n) is 8.39. The Morgan fingerprint density at radius 2 is 2.00 bits per heavy atom. The molecule has 2 N–H and O–H groups in total. The van der Waals surface area contributed by atoms with Crippen molar-refractivity contribution in [2.75, 3.05) is 0 Å². The summed E-state index contributed by atoms with van der Waals surface area (Å²) in [5, 5.41) is 3.56. The number of thiazole rings is 1. The summed E-state index contributed by atoms with van der Waals surface area (Å²) in [6.07, 6.45) is 1.55. The summed E-state index contributed by atoms with van der Waals surface area (Å²) >= 11 is 1.29. The highest BCUT2D eigenvalue weighted by molar-refractivity contribution is 7.16. The number of carbonyl (C=O) groups excluding carboxylic acids is 2. The Hall–Kier alpha value is -3.32. The van der Waals surface area contributed by atoms with E-state index >= 15 is 0 Å². The summed E-state index contributed by atoms with van der Waals surface area (Å²) in [6.45, 7) is 1.83. The summed E-state index contributed by atoms with van der Waals surface area (Å²) < 4.78 is 0. The van der Waals surface area contributed by atoms with Crippen LogP contribution >= 0.6 is 11.3 Å². The Morgan fingerprint density at radius 3 is 2.81 bits per heavy atom. The van der Waals surface area contributed by atoms with Gasteiger partial charge >= 0.3 is 0 Å². The number of para-hydroxylation sites is 2. The lowest BCUT2D eigenvalue weighted by Gasteiger charge is -2.00. The van der Waals surface area contributed by atoms with Gasteiger partial charge in [0.25, 0.3) is 5.91 Å². The van der Waals surface area contributed by atoms with E-state index in [1.807, 2.05) is 36.4 Å². The molecule has 0 bridgehead atoms.